The average molecular weight is 450 g/mol. The average Bonchev–Trinajstić information content (AvgIpc) is 2.73. The number of alkyl halides is 3. The summed E-state index contributed by atoms with van der Waals surface area (Å²) >= 11 is 0. The molecule has 0 fully saturated rings. The highest BCUT2D eigenvalue weighted by molar-refractivity contribution is 5.96. The molecule has 0 aliphatic carbocycles. The van der Waals surface area contributed by atoms with Gasteiger partial charge >= 0.3 is 12.1 Å². The van der Waals surface area contributed by atoms with Gasteiger partial charge in [-0.3, -0.25) is 9.59 Å². The molecule has 1 amide bonds. The number of hydrogen-bond donors (Lipinski definition) is 4. The lowest BCUT2D eigenvalue weighted by Crippen LogP contribution is -2.29. The molecule has 0 radical (unpaired) electrons. The highest BCUT2D eigenvalue weighted by atomic mass is 19.4. The molecule has 2 aromatic heterocycles. The lowest BCUT2D eigenvalue weighted by molar-refractivity contribution is -0.192. The first kappa shape index (κ1) is 24.5. The summed E-state index contributed by atoms with van der Waals surface area (Å²) in [5.41, 5.74) is 3.19. The number of fused-ring (bicyclic) bond motifs is 1. The number of aryl methyl sites for hydroxylation is 1. The Hall–Kier alpha value is -3.73. The SMILES string of the molecule is CNCc1ccccc1CNC(=O)c1c[nH]c2nc(C)ccc2c1=O.O=C(O)C(F)(F)F. The minimum Gasteiger partial charge on any atom is -0.475 e. The molecule has 0 spiro atoms. The Bertz CT molecular complexity index is 1180. The number of carboxylic acid groups (broad SMARTS) is 1. The second-order valence-corrected chi connectivity index (χ2v) is 6.66. The fourth-order valence-electron chi connectivity index (χ4n) is 2.73. The van der Waals surface area contributed by atoms with Gasteiger partial charge in [-0.15, -0.1) is 0 Å². The first-order valence-corrected chi connectivity index (χ1v) is 9.33. The number of nitrogens with zero attached hydrogens (tertiary/aromatic N) is 1. The lowest BCUT2D eigenvalue weighted by atomic mass is 10.1. The maximum Gasteiger partial charge on any atom is 0.490 e. The molecule has 0 aliphatic rings. The van der Waals surface area contributed by atoms with Gasteiger partial charge in [-0.25, -0.2) is 9.78 Å². The summed E-state index contributed by atoms with van der Waals surface area (Å²) in [6.45, 7) is 2.93. The van der Waals surface area contributed by atoms with E-state index < -0.39 is 18.1 Å². The predicted molar refractivity (Wildman–Crippen MR) is 111 cm³/mol. The number of pyridine rings is 2. The molecule has 0 aliphatic heterocycles. The number of rotatable bonds is 5. The zero-order valence-electron chi connectivity index (χ0n) is 17.2. The molecule has 0 atom stereocenters. The molecule has 2 heterocycles. The summed E-state index contributed by atoms with van der Waals surface area (Å²) in [6.07, 6.45) is -3.66. The van der Waals surface area contributed by atoms with Gasteiger partial charge < -0.3 is 20.7 Å². The molecule has 4 N–H and O–H groups in total. The second-order valence-electron chi connectivity index (χ2n) is 6.66. The quantitative estimate of drug-likeness (QED) is 0.474. The van der Waals surface area contributed by atoms with Crippen LogP contribution in [0.3, 0.4) is 0 Å². The number of H-pyrrole nitrogens is 1. The van der Waals surface area contributed by atoms with Crippen LogP contribution in [0.2, 0.25) is 0 Å². The van der Waals surface area contributed by atoms with Crippen LogP contribution in [0.15, 0.2) is 47.4 Å². The van der Waals surface area contributed by atoms with E-state index in [-0.39, 0.29) is 11.0 Å². The van der Waals surface area contributed by atoms with Crippen molar-refractivity contribution in [1.29, 1.82) is 0 Å². The summed E-state index contributed by atoms with van der Waals surface area (Å²) in [6, 6.07) is 11.3. The van der Waals surface area contributed by atoms with Crippen molar-refractivity contribution in [2.45, 2.75) is 26.2 Å². The number of aromatic amines is 1. The largest absolute Gasteiger partial charge is 0.490 e. The fourth-order valence-corrected chi connectivity index (χ4v) is 2.73. The van der Waals surface area contributed by atoms with E-state index in [1.165, 1.54) is 6.20 Å². The minimum atomic E-state index is -5.08. The van der Waals surface area contributed by atoms with Crippen molar-refractivity contribution in [1.82, 2.24) is 20.6 Å². The molecule has 0 saturated heterocycles. The predicted octanol–water partition coefficient (Wildman–Crippen LogP) is 2.51. The number of aliphatic carboxylic acids is 1. The standard InChI is InChI=1S/C19H20N4O2.C2HF3O2/c1-12-7-8-15-17(24)16(11-21-18(15)23-12)19(25)22-10-14-6-4-3-5-13(14)9-20-2;3-2(4,5)1(6)7/h3-8,11,20H,9-10H2,1-2H3,(H,22,25)(H,21,23,24);(H,6,7). The summed E-state index contributed by atoms with van der Waals surface area (Å²) in [4.78, 5) is 41.1. The van der Waals surface area contributed by atoms with Gasteiger partial charge in [-0.1, -0.05) is 24.3 Å². The van der Waals surface area contributed by atoms with Crippen molar-refractivity contribution < 1.29 is 27.9 Å². The van der Waals surface area contributed by atoms with Crippen LogP contribution in [0.1, 0.15) is 27.2 Å². The summed E-state index contributed by atoms with van der Waals surface area (Å²) < 4.78 is 31.7. The Kier molecular flexibility index (Phi) is 8.08. The molecule has 0 saturated carbocycles. The zero-order chi connectivity index (χ0) is 23.9. The van der Waals surface area contributed by atoms with Crippen molar-refractivity contribution in [3.05, 3.63) is 75.2 Å². The van der Waals surface area contributed by atoms with Crippen LogP contribution < -0.4 is 16.1 Å². The molecule has 1 aromatic carbocycles. The highest BCUT2D eigenvalue weighted by Crippen LogP contribution is 2.13. The number of aromatic nitrogens is 2. The van der Waals surface area contributed by atoms with E-state index >= 15 is 0 Å². The fraction of sp³-hybridized carbons (Fsp3) is 0.238. The molecule has 11 heteroatoms. The van der Waals surface area contributed by atoms with Crippen LogP contribution in [-0.4, -0.2) is 40.2 Å². The van der Waals surface area contributed by atoms with E-state index in [9.17, 15) is 22.8 Å². The number of hydrogen-bond acceptors (Lipinski definition) is 5. The van der Waals surface area contributed by atoms with Crippen LogP contribution >= 0.6 is 0 Å². The van der Waals surface area contributed by atoms with Gasteiger partial charge in [0.1, 0.15) is 11.2 Å². The van der Waals surface area contributed by atoms with Gasteiger partial charge in [0.25, 0.3) is 5.91 Å². The Balaban J connectivity index is 0.000000451. The first-order valence-electron chi connectivity index (χ1n) is 9.33. The number of carboxylic acids is 1. The van der Waals surface area contributed by atoms with Gasteiger partial charge in [0, 0.05) is 25.0 Å². The van der Waals surface area contributed by atoms with Gasteiger partial charge in [0.15, 0.2) is 0 Å². The van der Waals surface area contributed by atoms with Crippen molar-refractivity contribution in [2.24, 2.45) is 0 Å². The molecule has 170 valence electrons. The smallest absolute Gasteiger partial charge is 0.475 e. The van der Waals surface area contributed by atoms with Crippen molar-refractivity contribution >= 4 is 22.9 Å². The number of nitrogens with one attached hydrogen (secondary N) is 3. The Morgan fingerprint density at radius 2 is 1.69 bits per heavy atom. The van der Waals surface area contributed by atoms with E-state index in [0.717, 1.165) is 16.8 Å². The second kappa shape index (κ2) is 10.5. The van der Waals surface area contributed by atoms with Crippen LogP contribution in [0.25, 0.3) is 11.0 Å². The molecule has 32 heavy (non-hydrogen) atoms. The van der Waals surface area contributed by atoms with Crippen molar-refractivity contribution in [2.75, 3.05) is 7.05 Å². The first-order chi connectivity index (χ1) is 15.0. The normalized spacial score (nSPS) is 10.9. The molecule has 0 bridgehead atoms. The molecule has 3 rings (SSSR count). The summed E-state index contributed by atoms with van der Waals surface area (Å²) in [7, 11) is 1.87. The third-order valence-electron chi connectivity index (χ3n) is 4.29. The topological polar surface area (TPSA) is 124 Å². The third-order valence-corrected chi connectivity index (χ3v) is 4.29. The number of carbonyl (C=O) groups is 2. The monoisotopic (exact) mass is 450 g/mol. The Labute approximate surface area is 180 Å². The molecule has 3 aromatic rings. The number of halogens is 3. The number of carbonyl (C=O) groups excluding carboxylic acids is 1. The molecule has 8 nitrogen and oxygen atoms in total. The van der Waals surface area contributed by atoms with Crippen LogP contribution in [-0.2, 0) is 17.9 Å². The van der Waals surface area contributed by atoms with Crippen LogP contribution in [0, 0.1) is 6.92 Å². The Morgan fingerprint density at radius 1 is 1.09 bits per heavy atom. The highest BCUT2D eigenvalue weighted by Gasteiger charge is 2.38. The van der Waals surface area contributed by atoms with Crippen molar-refractivity contribution in [3.63, 3.8) is 0 Å². The van der Waals surface area contributed by atoms with Gasteiger partial charge in [-0.2, -0.15) is 13.2 Å². The van der Waals surface area contributed by atoms with Crippen LogP contribution in [0.4, 0.5) is 13.2 Å². The summed E-state index contributed by atoms with van der Waals surface area (Å²) in [5, 5.41) is 13.5. The van der Waals surface area contributed by atoms with E-state index in [1.54, 1.807) is 12.1 Å². The van der Waals surface area contributed by atoms with E-state index in [1.807, 2.05) is 38.2 Å². The maximum atomic E-state index is 12.5. The maximum absolute atomic E-state index is 12.5. The zero-order valence-corrected chi connectivity index (χ0v) is 17.2. The minimum absolute atomic E-state index is 0.0873. The Morgan fingerprint density at radius 3 is 2.25 bits per heavy atom. The van der Waals surface area contributed by atoms with Gasteiger partial charge in [-0.05, 0) is 37.2 Å². The van der Waals surface area contributed by atoms with E-state index in [4.69, 9.17) is 9.90 Å². The number of amides is 1. The molecular weight excluding hydrogens is 429 g/mol. The van der Waals surface area contributed by atoms with Gasteiger partial charge in [0.05, 0.1) is 5.39 Å². The molecular formula is C21H21F3N4O4. The van der Waals surface area contributed by atoms with Crippen LogP contribution in [0.5, 0.6) is 0 Å². The number of benzene rings is 1. The lowest BCUT2D eigenvalue weighted by Gasteiger charge is -2.10. The van der Waals surface area contributed by atoms with E-state index in [2.05, 4.69) is 20.6 Å². The third kappa shape index (κ3) is 6.38. The van der Waals surface area contributed by atoms with E-state index in [0.29, 0.717) is 24.1 Å². The molecule has 0 unspecified atom stereocenters. The van der Waals surface area contributed by atoms with Crippen molar-refractivity contribution in [3.8, 4) is 0 Å². The van der Waals surface area contributed by atoms with Gasteiger partial charge in [0.2, 0.25) is 5.43 Å². The summed E-state index contributed by atoms with van der Waals surface area (Å²) in [5.74, 6) is -3.16.